The molecule has 26 heavy (non-hydrogen) atoms. The second-order valence-electron chi connectivity index (χ2n) is 5.66. The zero-order valence-corrected chi connectivity index (χ0v) is 13.6. The molecule has 2 aromatic carbocycles. The first-order valence-electron chi connectivity index (χ1n) is 7.79. The fraction of sp³-hybridized carbons (Fsp3) is 0.0526. The monoisotopic (exact) mass is 354 g/mol. The van der Waals surface area contributed by atoms with Gasteiger partial charge in [-0.3, -0.25) is 4.79 Å². The summed E-state index contributed by atoms with van der Waals surface area (Å²) in [5.74, 6) is -2.22. The SMILES string of the molecule is N=CC(=CN)c1ccc2c(C(=O)NCc3ccc(F)c(F)c3)c[nH]c2c1. The molecule has 0 radical (unpaired) electrons. The van der Waals surface area contributed by atoms with Crippen LogP contribution >= 0.6 is 0 Å². The summed E-state index contributed by atoms with van der Waals surface area (Å²) in [6, 6.07) is 8.82. The first-order chi connectivity index (χ1) is 12.5. The summed E-state index contributed by atoms with van der Waals surface area (Å²) in [6.07, 6.45) is 4.07. The summed E-state index contributed by atoms with van der Waals surface area (Å²) >= 11 is 0. The summed E-state index contributed by atoms with van der Waals surface area (Å²) < 4.78 is 26.2. The van der Waals surface area contributed by atoms with Crippen LogP contribution in [0.1, 0.15) is 21.5 Å². The summed E-state index contributed by atoms with van der Waals surface area (Å²) in [5, 5.41) is 10.7. The maximum absolute atomic E-state index is 13.2. The van der Waals surface area contributed by atoms with Crippen molar-refractivity contribution in [2.75, 3.05) is 0 Å². The van der Waals surface area contributed by atoms with E-state index in [0.717, 1.165) is 29.4 Å². The zero-order valence-electron chi connectivity index (χ0n) is 13.6. The number of nitrogens with one attached hydrogen (secondary N) is 3. The van der Waals surface area contributed by atoms with Gasteiger partial charge in [-0.2, -0.15) is 0 Å². The van der Waals surface area contributed by atoms with Gasteiger partial charge in [0.25, 0.3) is 5.91 Å². The normalized spacial score (nSPS) is 11.5. The third-order valence-corrected chi connectivity index (χ3v) is 4.03. The Morgan fingerprint density at radius 2 is 2.00 bits per heavy atom. The van der Waals surface area contributed by atoms with E-state index in [1.807, 2.05) is 0 Å². The topological polar surface area (TPSA) is 94.8 Å². The van der Waals surface area contributed by atoms with Crippen LogP contribution in [0.3, 0.4) is 0 Å². The molecule has 0 saturated carbocycles. The van der Waals surface area contributed by atoms with Gasteiger partial charge < -0.3 is 21.4 Å². The van der Waals surface area contributed by atoms with Gasteiger partial charge in [0, 0.05) is 41.6 Å². The maximum Gasteiger partial charge on any atom is 0.253 e. The molecule has 1 amide bonds. The Kier molecular flexibility index (Phi) is 4.79. The average Bonchev–Trinajstić information content (AvgIpc) is 3.07. The van der Waals surface area contributed by atoms with Crippen LogP contribution in [-0.4, -0.2) is 17.1 Å². The van der Waals surface area contributed by atoms with E-state index in [9.17, 15) is 13.6 Å². The van der Waals surface area contributed by atoms with E-state index in [1.165, 1.54) is 12.3 Å². The molecule has 0 atom stereocenters. The first kappa shape index (κ1) is 17.3. The zero-order chi connectivity index (χ0) is 18.7. The predicted octanol–water partition coefficient (Wildman–Crippen LogP) is 3.33. The van der Waals surface area contributed by atoms with Crippen LogP contribution in [0.25, 0.3) is 16.5 Å². The fourth-order valence-corrected chi connectivity index (χ4v) is 2.65. The first-order valence-corrected chi connectivity index (χ1v) is 7.79. The molecular weight excluding hydrogens is 338 g/mol. The number of rotatable bonds is 5. The third kappa shape index (κ3) is 3.32. The largest absolute Gasteiger partial charge is 0.404 e. The number of aromatic nitrogens is 1. The highest BCUT2D eigenvalue weighted by atomic mass is 19.2. The van der Waals surface area contributed by atoms with Gasteiger partial charge in [0.2, 0.25) is 0 Å². The van der Waals surface area contributed by atoms with Gasteiger partial charge in [-0.15, -0.1) is 0 Å². The second kappa shape index (κ2) is 7.18. The van der Waals surface area contributed by atoms with Crippen LogP contribution in [-0.2, 0) is 6.54 Å². The maximum atomic E-state index is 13.2. The van der Waals surface area contributed by atoms with Crippen molar-refractivity contribution in [1.82, 2.24) is 10.3 Å². The van der Waals surface area contributed by atoms with Gasteiger partial charge in [-0.25, -0.2) is 8.78 Å². The fourth-order valence-electron chi connectivity index (χ4n) is 2.65. The lowest BCUT2D eigenvalue weighted by molar-refractivity contribution is 0.0952. The molecule has 3 aromatic rings. The number of carbonyl (C=O) groups excluding carboxylic acids is 1. The van der Waals surface area contributed by atoms with E-state index in [0.29, 0.717) is 22.1 Å². The molecule has 0 bridgehead atoms. The lowest BCUT2D eigenvalue weighted by Crippen LogP contribution is -2.22. The molecule has 5 nitrogen and oxygen atoms in total. The van der Waals surface area contributed by atoms with E-state index in [4.69, 9.17) is 11.1 Å². The molecule has 1 heterocycles. The third-order valence-electron chi connectivity index (χ3n) is 4.03. The smallest absolute Gasteiger partial charge is 0.253 e. The summed E-state index contributed by atoms with van der Waals surface area (Å²) in [6.45, 7) is 0.0780. The molecule has 0 aliphatic carbocycles. The molecule has 3 rings (SSSR count). The molecular formula is C19H16F2N4O. The number of allylic oxidation sites excluding steroid dienone is 1. The number of aromatic amines is 1. The van der Waals surface area contributed by atoms with Crippen molar-refractivity contribution in [2.24, 2.45) is 5.73 Å². The highest BCUT2D eigenvalue weighted by molar-refractivity contribution is 6.11. The minimum absolute atomic E-state index is 0.0780. The van der Waals surface area contributed by atoms with Gasteiger partial charge in [0.1, 0.15) is 0 Å². The summed E-state index contributed by atoms with van der Waals surface area (Å²) in [7, 11) is 0. The standard InChI is InChI=1S/C19H16F2N4O/c20-16-4-1-11(5-17(16)21)9-25-19(26)15-10-24-18-6-12(2-3-14(15)18)13(7-22)8-23/h1-8,10,22,24H,9,23H2,(H,25,26). The Hall–Kier alpha value is -3.48. The predicted molar refractivity (Wildman–Crippen MR) is 96.8 cm³/mol. The minimum atomic E-state index is -0.952. The molecule has 0 aliphatic rings. The molecule has 5 N–H and O–H groups in total. The number of hydrogen-bond acceptors (Lipinski definition) is 3. The van der Waals surface area contributed by atoms with Gasteiger partial charge in [0.15, 0.2) is 11.6 Å². The van der Waals surface area contributed by atoms with E-state index in [2.05, 4.69) is 10.3 Å². The van der Waals surface area contributed by atoms with Crippen LogP contribution < -0.4 is 11.1 Å². The van der Waals surface area contributed by atoms with Crippen molar-refractivity contribution in [3.05, 3.63) is 77.1 Å². The van der Waals surface area contributed by atoms with Crippen molar-refractivity contribution < 1.29 is 13.6 Å². The molecule has 0 spiro atoms. The Bertz CT molecular complexity index is 1020. The molecule has 0 unspecified atom stereocenters. The van der Waals surface area contributed by atoms with Crippen LogP contribution in [0.2, 0.25) is 0 Å². The van der Waals surface area contributed by atoms with Crippen molar-refractivity contribution in [3.63, 3.8) is 0 Å². The minimum Gasteiger partial charge on any atom is -0.404 e. The van der Waals surface area contributed by atoms with Crippen LogP contribution in [0.4, 0.5) is 8.78 Å². The lowest BCUT2D eigenvalue weighted by atomic mass is 10.0. The number of halogens is 2. The van der Waals surface area contributed by atoms with Crippen LogP contribution in [0.5, 0.6) is 0 Å². The molecule has 7 heteroatoms. The van der Waals surface area contributed by atoms with Crippen LogP contribution in [0.15, 0.2) is 48.8 Å². The Morgan fingerprint density at radius 1 is 1.19 bits per heavy atom. The highest BCUT2D eigenvalue weighted by Gasteiger charge is 2.13. The van der Waals surface area contributed by atoms with Crippen LogP contribution in [0, 0.1) is 17.0 Å². The number of hydrogen-bond donors (Lipinski definition) is 4. The Morgan fingerprint density at radius 3 is 2.69 bits per heavy atom. The Labute approximate surface area is 148 Å². The van der Waals surface area contributed by atoms with Crippen molar-refractivity contribution in [1.29, 1.82) is 5.41 Å². The number of nitrogens with two attached hydrogens (primary N) is 1. The number of amides is 1. The quantitative estimate of drug-likeness (QED) is 0.529. The van der Waals surface area contributed by atoms with Gasteiger partial charge in [0.05, 0.1) is 5.56 Å². The van der Waals surface area contributed by atoms with E-state index < -0.39 is 11.6 Å². The highest BCUT2D eigenvalue weighted by Crippen LogP contribution is 2.22. The van der Waals surface area contributed by atoms with Crippen molar-refractivity contribution >= 4 is 28.6 Å². The molecule has 0 fully saturated rings. The number of fused-ring (bicyclic) bond motifs is 1. The average molecular weight is 354 g/mol. The molecule has 0 aliphatic heterocycles. The van der Waals surface area contributed by atoms with Gasteiger partial charge in [-0.05, 0) is 29.3 Å². The van der Waals surface area contributed by atoms with E-state index in [-0.39, 0.29) is 12.5 Å². The number of carbonyl (C=O) groups is 1. The summed E-state index contributed by atoms with van der Waals surface area (Å²) in [5.41, 5.74) is 8.42. The molecule has 132 valence electrons. The number of benzene rings is 2. The van der Waals surface area contributed by atoms with Crippen molar-refractivity contribution in [3.8, 4) is 0 Å². The van der Waals surface area contributed by atoms with Gasteiger partial charge in [-0.1, -0.05) is 18.2 Å². The van der Waals surface area contributed by atoms with Crippen molar-refractivity contribution in [2.45, 2.75) is 6.54 Å². The Balaban J connectivity index is 1.80. The second-order valence-corrected chi connectivity index (χ2v) is 5.66. The summed E-state index contributed by atoms with van der Waals surface area (Å²) in [4.78, 5) is 15.4. The molecule has 1 aromatic heterocycles. The number of H-pyrrole nitrogens is 1. The van der Waals surface area contributed by atoms with E-state index in [1.54, 1.807) is 24.4 Å². The van der Waals surface area contributed by atoms with Gasteiger partial charge >= 0.3 is 0 Å². The molecule has 0 saturated heterocycles. The van der Waals surface area contributed by atoms with E-state index >= 15 is 0 Å². The lowest BCUT2D eigenvalue weighted by Gasteiger charge is -2.06.